The zero-order valence-corrected chi connectivity index (χ0v) is 26.1. The van der Waals surface area contributed by atoms with Crippen LogP contribution in [0.2, 0.25) is 5.02 Å². The van der Waals surface area contributed by atoms with E-state index in [1.54, 1.807) is 18.2 Å². The van der Waals surface area contributed by atoms with Crippen LogP contribution in [0.4, 0.5) is 20.2 Å². The summed E-state index contributed by atoms with van der Waals surface area (Å²) in [5.74, 6) is -4.09. The number of carbonyl (C=O) groups is 3. The van der Waals surface area contributed by atoms with Crippen molar-refractivity contribution >= 4 is 63.3 Å². The molecule has 11 heteroatoms. The number of amides is 3. The van der Waals surface area contributed by atoms with E-state index in [-0.39, 0.29) is 32.8 Å². The molecule has 0 unspecified atom stereocenters. The van der Waals surface area contributed by atoms with Gasteiger partial charge in [-0.25, -0.2) is 8.78 Å². The molecule has 0 aromatic heterocycles. The Balaban J connectivity index is 1.73. The third-order valence-electron chi connectivity index (χ3n) is 7.97. The lowest BCUT2D eigenvalue weighted by Crippen LogP contribution is -2.50. The predicted octanol–water partition coefficient (Wildman–Crippen LogP) is 6.04. The number of anilines is 2. The second-order valence-corrected chi connectivity index (χ2v) is 13.2. The number of carbonyl (C=O) groups excluding carboxylic acids is 3. The molecule has 1 spiro atoms. The van der Waals surface area contributed by atoms with Crippen molar-refractivity contribution in [1.82, 2.24) is 5.32 Å². The molecule has 7 nitrogen and oxygen atoms in total. The lowest BCUT2D eigenvalue weighted by atomic mass is 9.62. The Labute approximate surface area is 261 Å². The van der Waals surface area contributed by atoms with Crippen molar-refractivity contribution in [2.24, 2.45) is 11.1 Å². The molecule has 5 rings (SSSR count). The topological polar surface area (TPSA) is 113 Å². The Bertz CT molecular complexity index is 1590. The van der Waals surface area contributed by atoms with Gasteiger partial charge in [0.25, 0.3) is 0 Å². The number of primary amides is 1. The maximum Gasteiger partial charge on any atom is 0.248 e. The molecular weight excluding hydrogens is 677 g/mol. The van der Waals surface area contributed by atoms with Crippen LogP contribution in [-0.4, -0.2) is 29.8 Å². The van der Waals surface area contributed by atoms with E-state index in [9.17, 15) is 14.4 Å². The first-order valence-electron chi connectivity index (χ1n) is 13.4. The van der Waals surface area contributed by atoms with Gasteiger partial charge in [0.2, 0.25) is 17.7 Å². The molecule has 0 aliphatic carbocycles. The highest BCUT2D eigenvalue weighted by molar-refractivity contribution is 14.1. The average Bonchev–Trinajstić information content (AvgIpc) is 3.38. The first-order valence-corrected chi connectivity index (χ1v) is 15.3. The number of halogens is 4. The van der Waals surface area contributed by atoms with Gasteiger partial charge in [0.1, 0.15) is 17.0 Å². The molecule has 0 saturated carbocycles. The first kappa shape index (κ1) is 30.4. The fourth-order valence-electron chi connectivity index (χ4n) is 6.35. The highest BCUT2D eigenvalue weighted by Gasteiger charge is 2.67. The van der Waals surface area contributed by atoms with Gasteiger partial charge in [-0.15, -0.1) is 0 Å². The SMILES string of the molecule is CC(C)(C)C[C@@H]1N[C@@H](C(=O)Nc2ccc(C(N)=O)cc2)[C@H](c2cccc(CI)c2F)[C@]12C(=O)Nc1cc(Cl)cc(F)c12. The third kappa shape index (κ3) is 5.17. The number of hydrogen-bond acceptors (Lipinski definition) is 4. The molecule has 42 heavy (non-hydrogen) atoms. The van der Waals surface area contributed by atoms with Gasteiger partial charge >= 0.3 is 0 Å². The van der Waals surface area contributed by atoms with Gasteiger partial charge in [0.05, 0.1) is 6.04 Å². The molecule has 0 radical (unpaired) electrons. The van der Waals surface area contributed by atoms with E-state index in [1.807, 2.05) is 20.8 Å². The summed E-state index contributed by atoms with van der Waals surface area (Å²) in [5, 5.41) is 9.07. The summed E-state index contributed by atoms with van der Waals surface area (Å²) in [6.07, 6.45) is 0.364. The van der Waals surface area contributed by atoms with Crippen LogP contribution in [0, 0.1) is 17.0 Å². The van der Waals surface area contributed by atoms with Crippen LogP contribution < -0.4 is 21.7 Å². The molecule has 5 N–H and O–H groups in total. The minimum Gasteiger partial charge on any atom is -0.366 e. The predicted molar refractivity (Wildman–Crippen MR) is 167 cm³/mol. The van der Waals surface area contributed by atoms with E-state index in [2.05, 4.69) is 38.5 Å². The maximum atomic E-state index is 16.2. The van der Waals surface area contributed by atoms with E-state index < -0.39 is 52.8 Å². The number of nitrogens with two attached hydrogens (primary N) is 1. The summed E-state index contributed by atoms with van der Waals surface area (Å²) in [6, 6.07) is 11.6. The molecule has 220 valence electrons. The third-order valence-corrected chi connectivity index (χ3v) is 9.01. The van der Waals surface area contributed by atoms with Crippen LogP contribution in [-0.2, 0) is 19.4 Å². The van der Waals surface area contributed by atoms with Crippen LogP contribution in [0.1, 0.15) is 60.2 Å². The molecule has 3 aromatic carbocycles. The fourth-order valence-corrected chi connectivity index (χ4v) is 7.14. The second-order valence-electron chi connectivity index (χ2n) is 12.0. The Morgan fingerprint density at radius 3 is 2.43 bits per heavy atom. The van der Waals surface area contributed by atoms with Crippen LogP contribution in [0.15, 0.2) is 54.6 Å². The van der Waals surface area contributed by atoms with Gasteiger partial charge in [-0.1, -0.05) is 73.2 Å². The molecular formula is C31H30ClF2IN4O3. The first-order chi connectivity index (χ1) is 19.8. The fraction of sp³-hybridized carbons (Fsp3) is 0.323. The molecule has 0 bridgehead atoms. The number of fused-ring (bicyclic) bond motifs is 2. The van der Waals surface area contributed by atoms with Crippen LogP contribution in [0.3, 0.4) is 0 Å². The van der Waals surface area contributed by atoms with Crippen molar-refractivity contribution in [3.05, 3.63) is 93.5 Å². The van der Waals surface area contributed by atoms with E-state index in [4.69, 9.17) is 17.3 Å². The Morgan fingerprint density at radius 1 is 1.12 bits per heavy atom. The van der Waals surface area contributed by atoms with Gasteiger partial charge in [-0.3, -0.25) is 14.4 Å². The Hall–Kier alpha value is -3.09. The molecule has 2 aliphatic rings. The summed E-state index contributed by atoms with van der Waals surface area (Å²) in [6.45, 7) is 5.94. The second kappa shape index (κ2) is 11.2. The van der Waals surface area contributed by atoms with E-state index >= 15 is 8.78 Å². The van der Waals surface area contributed by atoms with Gasteiger partial charge < -0.3 is 21.7 Å². The summed E-state index contributed by atoms with van der Waals surface area (Å²) in [5.41, 5.74) is 4.73. The molecule has 2 heterocycles. The van der Waals surface area contributed by atoms with Gasteiger partial charge in [0, 0.05) is 43.9 Å². The zero-order valence-electron chi connectivity index (χ0n) is 23.2. The van der Waals surface area contributed by atoms with Crippen LogP contribution >= 0.6 is 34.2 Å². The van der Waals surface area contributed by atoms with Crippen molar-refractivity contribution in [3.63, 3.8) is 0 Å². The van der Waals surface area contributed by atoms with Crippen molar-refractivity contribution in [3.8, 4) is 0 Å². The van der Waals surface area contributed by atoms with Gasteiger partial charge in [-0.2, -0.15) is 0 Å². The molecule has 1 fully saturated rings. The van der Waals surface area contributed by atoms with Crippen molar-refractivity contribution in [2.45, 2.75) is 55.0 Å². The summed E-state index contributed by atoms with van der Waals surface area (Å²) >= 11 is 8.22. The summed E-state index contributed by atoms with van der Waals surface area (Å²) in [7, 11) is 0. The van der Waals surface area contributed by atoms with Crippen molar-refractivity contribution in [2.75, 3.05) is 10.6 Å². The summed E-state index contributed by atoms with van der Waals surface area (Å²) < 4.78 is 32.6. The number of nitrogens with one attached hydrogen (secondary N) is 3. The number of hydrogen-bond donors (Lipinski definition) is 4. The van der Waals surface area contributed by atoms with Crippen molar-refractivity contribution in [1.29, 1.82) is 0 Å². The van der Waals surface area contributed by atoms with Crippen LogP contribution in [0.25, 0.3) is 0 Å². The van der Waals surface area contributed by atoms with Crippen LogP contribution in [0.5, 0.6) is 0 Å². The smallest absolute Gasteiger partial charge is 0.248 e. The van der Waals surface area contributed by atoms with E-state index in [0.29, 0.717) is 22.1 Å². The highest BCUT2D eigenvalue weighted by Crippen LogP contribution is 2.58. The quantitative estimate of drug-likeness (QED) is 0.185. The lowest BCUT2D eigenvalue weighted by Gasteiger charge is -2.38. The molecule has 1 saturated heterocycles. The number of alkyl halides is 1. The average molecular weight is 707 g/mol. The van der Waals surface area contributed by atoms with Gasteiger partial charge in [-0.05, 0) is 59.4 Å². The minimum absolute atomic E-state index is 0.0593. The van der Waals surface area contributed by atoms with Crippen molar-refractivity contribution < 1.29 is 23.2 Å². The normalized spacial score (nSPS) is 23.1. The minimum atomic E-state index is -1.68. The molecule has 3 amide bonds. The molecule has 2 aliphatic heterocycles. The maximum absolute atomic E-state index is 16.2. The highest BCUT2D eigenvalue weighted by atomic mass is 127. The number of rotatable bonds is 6. The van der Waals surface area contributed by atoms with Gasteiger partial charge in [0.15, 0.2) is 0 Å². The van der Waals surface area contributed by atoms with E-state index in [0.717, 1.165) is 6.07 Å². The Kier molecular flexibility index (Phi) is 8.10. The summed E-state index contributed by atoms with van der Waals surface area (Å²) in [4.78, 5) is 39.8. The monoisotopic (exact) mass is 706 g/mol. The molecule has 3 aromatic rings. The van der Waals surface area contributed by atoms with E-state index in [1.165, 1.54) is 30.3 Å². The largest absolute Gasteiger partial charge is 0.366 e. The standard InChI is InChI=1S/C31H30ClF2IN4O3/c1-30(2,3)13-22-31(24-20(33)11-17(32)12-21(24)38-29(31)42)23(19-6-4-5-16(14-35)25(19)34)26(39-22)28(41)37-18-9-7-15(8-10-18)27(36)40/h4-12,22-23,26,39H,13-14H2,1-3H3,(H2,36,40)(H,37,41)(H,38,42)/t22-,23-,26+,31+/m0/s1. The lowest BCUT2D eigenvalue weighted by molar-refractivity contribution is -0.122. The Morgan fingerprint density at radius 2 is 1.81 bits per heavy atom. The molecule has 4 atom stereocenters. The number of benzene rings is 3. The zero-order chi connectivity index (χ0) is 30.6.